The van der Waals surface area contributed by atoms with Crippen LogP contribution in [0.15, 0.2) is 36.4 Å². The molecular formula is C15H14ClF2NO. The maximum atomic E-state index is 13.6. The van der Waals surface area contributed by atoms with E-state index >= 15 is 0 Å². The molecule has 0 heterocycles. The zero-order valence-corrected chi connectivity index (χ0v) is 11.6. The standard InChI is InChI=1S/C15H14ClF2NO/c1-9(19)7-11-12(16)3-2-4-14(11)20-15-8-10(17)5-6-13(15)18/h2-6,8-9H,7,19H2,1H3. The predicted molar refractivity (Wildman–Crippen MR) is 75.2 cm³/mol. The SMILES string of the molecule is CC(N)Cc1c(Cl)cccc1Oc1cc(F)ccc1F. The molecule has 20 heavy (non-hydrogen) atoms. The molecule has 2 nitrogen and oxygen atoms in total. The number of nitrogens with two attached hydrogens (primary N) is 1. The summed E-state index contributed by atoms with van der Waals surface area (Å²) in [6.07, 6.45) is 0.478. The van der Waals surface area contributed by atoms with Crippen LogP contribution in [-0.4, -0.2) is 6.04 Å². The van der Waals surface area contributed by atoms with E-state index in [-0.39, 0.29) is 11.8 Å². The second-order valence-electron chi connectivity index (χ2n) is 4.57. The molecule has 2 aromatic rings. The number of benzene rings is 2. The molecule has 2 N–H and O–H groups in total. The van der Waals surface area contributed by atoms with Crippen LogP contribution in [-0.2, 0) is 6.42 Å². The van der Waals surface area contributed by atoms with Crippen molar-refractivity contribution in [3.05, 3.63) is 58.6 Å². The van der Waals surface area contributed by atoms with Crippen molar-refractivity contribution in [2.75, 3.05) is 0 Å². The van der Waals surface area contributed by atoms with E-state index in [1.54, 1.807) is 18.2 Å². The van der Waals surface area contributed by atoms with Crippen molar-refractivity contribution in [2.24, 2.45) is 5.73 Å². The lowest BCUT2D eigenvalue weighted by Gasteiger charge is -2.14. The van der Waals surface area contributed by atoms with Gasteiger partial charge in [0.2, 0.25) is 0 Å². The van der Waals surface area contributed by atoms with E-state index in [0.29, 0.717) is 22.8 Å². The first-order chi connectivity index (χ1) is 9.47. The number of rotatable bonds is 4. The summed E-state index contributed by atoms with van der Waals surface area (Å²) >= 11 is 6.11. The van der Waals surface area contributed by atoms with E-state index in [2.05, 4.69) is 0 Å². The van der Waals surface area contributed by atoms with Gasteiger partial charge < -0.3 is 10.5 Å². The van der Waals surface area contributed by atoms with Crippen LogP contribution in [0.5, 0.6) is 11.5 Å². The predicted octanol–water partition coefficient (Wildman–Crippen LogP) is 4.30. The highest BCUT2D eigenvalue weighted by atomic mass is 35.5. The van der Waals surface area contributed by atoms with Gasteiger partial charge in [0.1, 0.15) is 11.6 Å². The summed E-state index contributed by atoms with van der Waals surface area (Å²) in [4.78, 5) is 0. The van der Waals surface area contributed by atoms with E-state index in [1.807, 2.05) is 6.92 Å². The van der Waals surface area contributed by atoms with Gasteiger partial charge in [-0.2, -0.15) is 0 Å². The molecule has 1 unspecified atom stereocenters. The number of hydrogen-bond donors (Lipinski definition) is 1. The summed E-state index contributed by atoms with van der Waals surface area (Å²) in [6, 6.07) is 7.94. The van der Waals surface area contributed by atoms with Crippen LogP contribution in [0, 0.1) is 11.6 Å². The minimum absolute atomic E-state index is 0.130. The van der Waals surface area contributed by atoms with Gasteiger partial charge in [-0.05, 0) is 37.6 Å². The van der Waals surface area contributed by atoms with Crippen molar-refractivity contribution in [1.29, 1.82) is 0 Å². The normalized spacial score (nSPS) is 12.2. The monoisotopic (exact) mass is 297 g/mol. The maximum Gasteiger partial charge on any atom is 0.165 e. The molecule has 1 atom stereocenters. The molecule has 0 saturated carbocycles. The van der Waals surface area contributed by atoms with Gasteiger partial charge in [0.05, 0.1) is 0 Å². The van der Waals surface area contributed by atoms with E-state index < -0.39 is 11.6 Å². The largest absolute Gasteiger partial charge is 0.454 e. The fourth-order valence-corrected chi connectivity index (χ4v) is 2.07. The zero-order valence-electron chi connectivity index (χ0n) is 10.9. The first-order valence-electron chi connectivity index (χ1n) is 6.13. The molecular weight excluding hydrogens is 284 g/mol. The minimum atomic E-state index is -0.641. The summed E-state index contributed by atoms with van der Waals surface area (Å²) in [5, 5.41) is 0.483. The Bertz CT molecular complexity index is 617. The highest BCUT2D eigenvalue weighted by molar-refractivity contribution is 6.31. The maximum absolute atomic E-state index is 13.6. The third kappa shape index (κ3) is 3.46. The number of ether oxygens (including phenoxy) is 1. The molecule has 0 aliphatic heterocycles. The van der Waals surface area contributed by atoms with E-state index in [9.17, 15) is 8.78 Å². The highest BCUT2D eigenvalue weighted by Gasteiger charge is 2.13. The van der Waals surface area contributed by atoms with Crippen LogP contribution in [0.3, 0.4) is 0 Å². The Morgan fingerprint density at radius 1 is 1.20 bits per heavy atom. The molecule has 0 radical (unpaired) electrons. The summed E-state index contributed by atoms with van der Waals surface area (Å²) in [6.45, 7) is 1.83. The Kier molecular flexibility index (Phi) is 4.57. The van der Waals surface area contributed by atoms with E-state index in [4.69, 9.17) is 22.1 Å². The van der Waals surface area contributed by atoms with Gasteiger partial charge in [0.15, 0.2) is 11.6 Å². The Labute approximate surface area is 121 Å². The molecule has 5 heteroatoms. The first kappa shape index (κ1) is 14.8. The summed E-state index contributed by atoms with van der Waals surface area (Å²) in [5.41, 5.74) is 6.44. The topological polar surface area (TPSA) is 35.2 Å². The molecule has 0 spiro atoms. The average molecular weight is 298 g/mol. The van der Waals surface area contributed by atoms with Gasteiger partial charge in [-0.1, -0.05) is 17.7 Å². The smallest absolute Gasteiger partial charge is 0.165 e. The van der Waals surface area contributed by atoms with Crippen LogP contribution < -0.4 is 10.5 Å². The minimum Gasteiger partial charge on any atom is -0.454 e. The Morgan fingerprint density at radius 3 is 2.65 bits per heavy atom. The Hall–Kier alpha value is -1.65. The Morgan fingerprint density at radius 2 is 1.95 bits per heavy atom. The van der Waals surface area contributed by atoms with Crippen LogP contribution in [0.4, 0.5) is 8.78 Å². The third-order valence-corrected chi connectivity index (χ3v) is 3.07. The lowest BCUT2D eigenvalue weighted by atomic mass is 10.1. The molecule has 2 rings (SSSR count). The van der Waals surface area contributed by atoms with Crippen LogP contribution >= 0.6 is 11.6 Å². The zero-order chi connectivity index (χ0) is 14.7. The van der Waals surface area contributed by atoms with Crippen molar-refractivity contribution < 1.29 is 13.5 Å². The molecule has 106 valence electrons. The fraction of sp³-hybridized carbons (Fsp3) is 0.200. The van der Waals surface area contributed by atoms with Crippen LogP contribution in [0.1, 0.15) is 12.5 Å². The first-order valence-corrected chi connectivity index (χ1v) is 6.51. The van der Waals surface area contributed by atoms with Crippen molar-refractivity contribution >= 4 is 11.6 Å². The van der Waals surface area contributed by atoms with E-state index in [1.165, 1.54) is 0 Å². The van der Waals surface area contributed by atoms with Gasteiger partial charge in [-0.15, -0.1) is 0 Å². The van der Waals surface area contributed by atoms with Gasteiger partial charge >= 0.3 is 0 Å². The lowest BCUT2D eigenvalue weighted by Crippen LogP contribution is -2.18. The van der Waals surface area contributed by atoms with Crippen LogP contribution in [0.25, 0.3) is 0 Å². The molecule has 0 fully saturated rings. The fourth-order valence-electron chi connectivity index (χ4n) is 1.83. The Balaban J connectivity index is 2.38. The number of halogens is 3. The average Bonchev–Trinajstić information content (AvgIpc) is 2.37. The van der Waals surface area contributed by atoms with Gasteiger partial charge in [-0.3, -0.25) is 0 Å². The molecule has 0 saturated heterocycles. The van der Waals surface area contributed by atoms with Crippen molar-refractivity contribution in [3.8, 4) is 11.5 Å². The second-order valence-corrected chi connectivity index (χ2v) is 4.98. The number of hydrogen-bond acceptors (Lipinski definition) is 2. The molecule has 2 aromatic carbocycles. The van der Waals surface area contributed by atoms with E-state index in [0.717, 1.165) is 18.2 Å². The molecule has 0 aromatic heterocycles. The molecule has 0 amide bonds. The van der Waals surface area contributed by atoms with Gasteiger partial charge in [-0.25, -0.2) is 8.78 Å². The molecule has 0 aliphatic carbocycles. The van der Waals surface area contributed by atoms with Gasteiger partial charge in [0.25, 0.3) is 0 Å². The van der Waals surface area contributed by atoms with Crippen LogP contribution in [0.2, 0.25) is 5.02 Å². The molecule has 0 bridgehead atoms. The lowest BCUT2D eigenvalue weighted by molar-refractivity contribution is 0.431. The van der Waals surface area contributed by atoms with Crippen molar-refractivity contribution in [1.82, 2.24) is 0 Å². The van der Waals surface area contributed by atoms with Gasteiger partial charge in [0, 0.05) is 22.7 Å². The highest BCUT2D eigenvalue weighted by Crippen LogP contribution is 2.32. The summed E-state index contributed by atoms with van der Waals surface area (Å²) in [7, 11) is 0. The van der Waals surface area contributed by atoms with Crippen molar-refractivity contribution in [3.63, 3.8) is 0 Å². The summed E-state index contributed by atoms with van der Waals surface area (Å²) < 4.78 is 32.2. The van der Waals surface area contributed by atoms with Crippen molar-refractivity contribution in [2.45, 2.75) is 19.4 Å². The second kappa shape index (κ2) is 6.20. The quantitative estimate of drug-likeness (QED) is 0.913. The molecule has 0 aliphatic rings. The summed E-state index contributed by atoms with van der Waals surface area (Å²) in [5.74, 6) is -1.02. The third-order valence-electron chi connectivity index (χ3n) is 2.72.